The first kappa shape index (κ1) is 26.0. The minimum atomic E-state index is -3.83. The zero-order chi connectivity index (χ0) is 24.1. The summed E-state index contributed by atoms with van der Waals surface area (Å²) in [7, 11) is -3.83. The van der Waals surface area contributed by atoms with Crippen molar-refractivity contribution in [3.63, 3.8) is 0 Å². The molecule has 34 heavy (non-hydrogen) atoms. The SMILES string of the molecule is NC(=O)OCC1=C(C(=O)O)N2C(=O)[C@@H]3[C@H]2[C@H](C1)CN3C(=O)NCc1ccc(S(N)(=O)=O)cc1.[NaH]. The molecule has 0 unspecified atom stereocenters. The number of sulfonamides is 1. The fraction of sp³-hybridized carbons (Fsp3) is 0.368. The van der Waals surface area contributed by atoms with E-state index in [-0.39, 0.29) is 77.8 Å². The summed E-state index contributed by atoms with van der Waals surface area (Å²) in [5.41, 5.74) is 5.61. The number of nitrogens with two attached hydrogens (primary N) is 2. The molecule has 6 N–H and O–H groups in total. The van der Waals surface area contributed by atoms with Gasteiger partial charge in [0.25, 0.3) is 5.91 Å². The van der Waals surface area contributed by atoms with Crippen LogP contribution in [0.3, 0.4) is 0 Å². The van der Waals surface area contributed by atoms with Crippen molar-refractivity contribution in [2.24, 2.45) is 16.8 Å². The van der Waals surface area contributed by atoms with Gasteiger partial charge in [0.1, 0.15) is 18.3 Å². The van der Waals surface area contributed by atoms with E-state index in [4.69, 9.17) is 15.6 Å². The number of carbonyl (C=O) groups is 4. The number of aliphatic carboxylic acids is 1. The normalized spacial score (nSPS) is 23.0. The molecule has 3 aliphatic heterocycles. The average Bonchev–Trinajstić information content (AvgIpc) is 3.11. The summed E-state index contributed by atoms with van der Waals surface area (Å²) in [6.45, 7) is -0.0629. The van der Waals surface area contributed by atoms with Crippen molar-refractivity contribution < 1.29 is 37.4 Å². The Morgan fingerprint density at radius 1 is 1.21 bits per heavy atom. The van der Waals surface area contributed by atoms with Crippen LogP contribution in [-0.2, 0) is 30.9 Å². The Morgan fingerprint density at radius 2 is 1.85 bits per heavy atom. The molecule has 15 heteroatoms. The van der Waals surface area contributed by atoms with E-state index < -0.39 is 46.1 Å². The number of ether oxygens (including phenoxy) is 1. The maximum absolute atomic E-state index is 12.8. The van der Waals surface area contributed by atoms with E-state index in [0.29, 0.717) is 5.56 Å². The number of rotatable bonds is 6. The van der Waals surface area contributed by atoms with Crippen LogP contribution in [0.15, 0.2) is 40.4 Å². The monoisotopic (exact) mass is 503 g/mol. The molecule has 0 bridgehead atoms. The first-order chi connectivity index (χ1) is 15.5. The summed E-state index contributed by atoms with van der Waals surface area (Å²) >= 11 is 0. The van der Waals surface area contributed by atoms with Crippen LogP contribution >= 0.6 is 0 Å². The second kappa shape index (κ2) is 9.54. The number of primary amides is 1. The Labute approximate surface area is 216 Å². The molecular weight excluding hydrogens is 481 g/mol. The molecule has 0 aromatic heterocycles. The van der Waals surface area contributed by atoms with Crippen LogP contribution in [0.25, 0.3) is 0 Å². The summed E-state index contributed by atoms with van der Waals surface area (Å²) in [4.78, 5) is 50.8. The molecule has 2 fully saturated rings. The number of carboxylic acids is 1. The summed E-state index contributed by atoms with van der Waals surface area (Å²) in [5, 5.41) is 17.4. The zero-order valence-corrected chi connectivity index (χ0v) is 17.9. The van der Waals surface area contributed by atoms with E-state index in [0.717, 1.165) is 4.90 Å². The van der Waals surface area contributed by atoms with Crippen molar-refractivity contribution in [2.75, 3.05) is 13.2 Å². The van der Waals surface area contributed by atoms with Gasteiger partial charge in [-0.25, -0.2) is 27.9 Å². The van der Waals surface area contributed by atoms with Crippen molar-refractivity contribution >= 4 is 63.6 Å². The number of carboxylic acid groups (broad SMARTS) is 1. The van der Waals surface area contributed by atoms with Crippen molar-refractivity contribution in [1.82, 2.24) is 15.1 Å². The van der Waals surface area contributed by atoms with Gasteiger partial charge in [-0.15, -0.1) is 0 Å². The molecule has 13 nitrogen and oxygen atoms in total. The van der Waals surface area contributed by atoms with Crippen LogP contribution in [0, 0.1) is 5.92 Å². The molecule has 0 spiro atoms. The van der Waals surface area contributed by atoms with Gasteiger partial charge >= 0.3 is 47.7 Å². The number of hydrogen-bond acceptors (Lipinski definition) is 7. The molecule has 1 aromatic rings. The number of amides is 4. The third-order valence-corrected chi connectivity index (χ3v) is 6.92. The standard InChI is InChI=1S/C19H21N5O8S.Na.H/c20-18(28)32-8-11-5-10-7-23(15-13(10)24(16(15)25)14(11)17(26)27)19(29)22-6-9-1-3-12(4-2-9)33(21,30)31;;/h1-4,10,13,15H,5-8H2,(H2,20,28)(H,22,29)(H,26,27)(H2,21,30,31);;/t10-,13-,15+;;/m1../s1. The second-order valence-corrected chi connectivity index (χ2v) is 9.53. The van der Waals surface area contributed by atoms with E-state index >= 15 is 0 Å². The van der Waals surface area contributed by atoms with Gasteiger partial charge in [-0.05, 0) is 29.7 Å². The first-order valence-corrected chi connectivity index (χ1v) is 11.4. The quantitative estimate of drug-likeness (QED) is 0.258. The maximum atomic E-state index is 12.8. The van der Waals surface area contributed by atoms with Crippen LogP contribution in [0.1, 0.15) is 12.0 Å². The van der Waals surface area contributed by atoms with Gasteiger partial charge in [0.2, 0.25) is 10.0 Å². The fourth-order valence-electron chi connectivity index (χ4n) is 4.61. The van der Waals surface area contributed by atoms with Crippen LogP contribution in [0.4, 0.5) is 9.59 Å². The van der Waals surface area contributed by atoms with Crippen molar-refractivity contribution in [2.45, 2.75) is 29.9 Å². The zero-order valence-electron chi connectivity index (χ0n) is 17.1. The van der Waals surface area contributed by atoms with Crippen molar-refractivity contribution in [1.29, 1.82) is 0 Å². The van der Waals surface area contributed by atoms with Crippen LogP contribution in [0.2, 0.25) is 0 Å². The van der Waals surface area contributed by atoms with Gasteiger partial charge in [-0.1, -0.05) is 12.1 Å². The molecule has 2 saturated heterocycles. The van der Waals surface area contributed by atoms with Gasteiger partial charge in [-0.3, -0.25) is 9.69 Å². The molecule has 1 aromatic carbocycles. The number of β-lactam (4-membered cyclic amide) rings is 1. The Kier molecular flexibility index (Phi) is 7.28. The molecule has 0 aliphatic carbocycles. The number of nitrogens with zero attached hydrogens (tertiary/aromatic N) is 2. The summed E-state index contributed by atoms with van der Waals surface area (Å²) in [6.07, 6.45) is -0.828. The number of hydrogen-bond donors (Lipinski definition) is 4. The number of primary sulfonamides is 1. The van der Waals surface area contributed by atoms with E-state index in [2.05, 4.69) is 5.32 Å². The van der Waals surface area contributed by atoms with Gasteiger partial charge in [0.05, 0.1) is 10.9 Å². The number of nitrogens with one attached hydrogen (secondary N) is 1. The Bertz CT molecular complexity index is 1190. The van der Waals surface area contributed by atoms with E-state index in [1.54, 1.807) is 0 Å². The number of urea groups is 1. The molecule has 3 heterocycles. The van der Waals surface area contributed by atoms with Gasteiger partial charge < -0.3 is 25.8 Å². The van der Waals surface area contributed by atoms with E-state index in [9.17, 15) is 32.7 Å². The van der Waals surface area contributed by atoms with E-state index in [1.165, 1.54) is 29.2 Å². The third kappa shape index (κ3) is 4.63. The fourth-order valence-corrected chi connectivity index (χ4v) is 5.12. The molecule has 0 saturated carbocycles. The molecule has 4 rings (SSSR count). The third-order valence-electron chi connectivity index (χ3n) is 5.99. The van der Waals surface area contributed by atoms with Crippen LogP contribution < -0.4 is 16.2 Å². The van der Waals surface area contributed by atoms with Gasteiger partial charge in [-0.2, -0.15) is 0 Å². The number of likely N-dealkylation sites (tertiary alicyclic amines) is 1. The van der Waals surface area contributed by atoms with Crippen molar-refractivity contribution in [3.05, 3.63) is 41.1 Å². The number of benzene rings is 1. The second-order valence-electron chi connectivity index (χ2n) is 7.97. The van der Waals surface area contributed by atoms with Crippen LogP contribution in [0.5, 0.6) is 0 Å². The molecule has 3 atom stereocenters. The Balaban J connectivity index is 0.00000324. The summed E-state index contributed by atoms with van der Waals surface area (Å²) in [6, 6.07) is 3.90. The number of carbonyl (C=O) groups excluding carboxylic acids is 3. The molecule has 3 aliphatic rings. The van der Waals surface area contributed by atoms with E-state index in [1.807, 2.05) is 0 Å². The molecule has 0 radical (unpaired) electrons. The predicted molar refractivity (Wildman–Crippen MR) is 117 cm³/mol. The summed E-state index contributed by atoms with van der Waals surface area (Å²) < 4.78 is 27.4. The van der Waals surface area contributed by atoms with Gasteiger partial charge in [0, 0.05) is 19.0 Å². The average molecular weight is 503 g/mol. The Hall–Kier alpha value is -2.65. The summed E-state index contributed by atoms with van der Waals surface area (Å²) in [5.74, 6) is -2.07. The van der Waals surface area contributed by atoms with Gasteiger partial charge in [0.15, 0.2) is 0 Å². The van der Waals surface area contributed by atoms with Crippen molar-refractivity contribution in [3.8, 4) is 0 Å². The minimum absolute atomic E-state index is 0. The van der Waals surface area contributed by atoms with Crippen LogP contribution in [-0.4, -0.2) is 102 Å². The topological polar surface area (TPSA) is 202 Å². The predicted octanol–water partition coefficient (Wildman–Crippen LogP) is -1.76. The first-order valence-electron chi connectivity index (χ1n) is 9.86. The molecule has 4 amide bonds. The molecule has 178 valence electrons. The Morgan fingerprint density at radius 3 is 2.41 bits per heavy atom. The molecular formula is C19H22N5NaO8S.